The average molecular weight is 253 g/mol. The number of carbonyl (C=O) groups excluding carboxylic acids is 2. The van der Waals surface area contributed by atoms with Crippen molar-refractivity contribution in [3.63, 3.8) is 0 Å². The van der Waals surface area contributed by atoms with Crippen LogP contribution in [0.15, 0.2) is 24.3 Å². The fourth-order valence-corrected chi connectivity index (χ4v) is 1.17. The normalized spacial score (nSPS) is 9.41. The Labute approximate surface area is 103 Å². The van der Waals surface area contributed by atoms with Gasteiger partial charge < -0.3 is 16.2 Å². The Bertz CT molecular complexity index is 445. The molecule has 0 aliphatic rings. The third-order valence-electron chi connectivity index (χ3n) is 1.77. The second-order valence-corrected chi connectivity index (χ2v) is 3.53. The number of hydrogen-bond donors (Lipinski definition) is 3. The topological polar surface area (TPSA) is 107 Å². The quantitative estimate of drug-likeness (QED) is 0.649. The molecule has 7 heteroatoms. The summed E-state index contributed by atoms with van der Waals surface area (Å²) in [6.07, 6.45) is 0. The second kappa shape index (κ2) is 5.80. The van der Waals surface area contributed by atoms with Gasteiger partial charge in [0.2, 0.25) is 0 Å². The number of ether oxygens (including phenoxy) is 1. The van der Waals surface area contributed by atoms with Gasteiger partial charge >= 0.3 is 6.03 Å². The van der Waals surface area contributed by atoms with Crippen molar-refractivity contribution in [2.24, 2.45) is 11.5 Å². The number of imide groups is 1. The van der Waals surface area contributed by atoms with Crippen LogP contribution < -0.4 is 21.5 Å². The number of carbonyl (C=O) groups is 2. The second-order valence-electron chi connectivity index (χ2n) is 3.09. The lowest BCUT2D eigenvalue weighted by molar-refractivity contribution is -0.121. The molecule has 0 saturated heterocycles. The Balaban J connectivity index is 2.50. The number of nitrogens with two attached hydrogens (primary N) is 2. The molecule has 17 heavy (non-hydrogen) atoms. The molecule has 0 atom stereocenters. The van der Waals surface area contributed by atoms with E-state index in [1.807, 2.05) is 5.32 Å². The summed E-state index contributed by atoms with van der Waals surface area (Å²) < 4.78 is 5.10. The van der Waals surface area contributed by atoms with Crippen molar-refractivity contribution in [3.8, 4) is 5.75 Å². The van der Waals surface area contributed by atoms with Crippen LogP contribution in [-0.2, 0) is 4.79 Å². The van der Waals surface area contributed by atoms with Crippen LogP contribution in [0, 0.1) is 0 Å². The maximum absolute atomic E-state index is 11.0. The van der Waals surface area contributed by atoms with Gasteiger partial charge in [-0.25, -0.2) is 4.79 Å². The lowest BCUT2D eigenvalue weighted by atomic mass is 10.2. The molecule has 0 aliphatic heterocycles. The van der Waals surface area contributed by atoms with Gasteiger partial charge in [-0.15, -0.1) is 0 Å². The molecule has 0 radical (unpaired) electrons. The molecular weight excluding hydrogens is 242 g/mol. The highest BCUT2D eigenvalue weighted by molar-refractivity contribution is 7.80. The van der Waals surface area contributed by atoms with Crippen LogP contribution >= 0.6 is 12.2 Å². The Morgan fingerprint density at radius 2 is 1.82 bits per heavy atom. The number of amides is 3. The lowest BCUT2D eigenvalue weighted by Gasteiger charge is -2.06. The fourth-order valence-electron chi connectivity index (χ4n) is 1.04. The maximum Gasteiger partial charge on any atom is 0.318 e. The van der Waals surface area contributed by atoms with Gasteiger partial charge in [0, 0.05) is 5.56 Å². The number of thiocarbonyl (C=S) groups is 1. The Kier molecular flexibility index (Phi) is 4.41. The van der Waals surface area contributed by atoms with Crippen LogP contribution in [0.3, 0.4) is 0 Å². The number of hydrogen-bond acceptors (Lipinski definition) is 4. The Morgan fingerprint density at radius 3 is 2.29 bits per heavy atom. The first-order chi connectivity index (χ1) is 7.99. The van der Waals surface area contributed by atoms with Crippen molar-refractivity contribution < 1.29 is 14.3 Å². The van der Waals surface area contributed by atoms with E-state index in [4.69, 9.17) is 28.4 Å². The standard InChI is InChI=1S/C10H11N3O3S/c11-9(17)6-1-3-7(4-2-6)16-5-8(14)13-10(12)15/h1-4H,5H2,(H2,11,17)(H3,12,13,14,15). The zero-order valence-corrected chi connectivity index (χ0v) is 9.62. The van der Waals surface area contributed by atoms with E-state index in [0.717, 1.165) is 0 Å². The third-order valence-corrected chi connectivity index (χ3v) is 2.01. The summed E-state index contributed by atoms with van der Waals surface area (Å²) in [6.45, 7) is -0.296. The highest BCUT2D eigenvalue weighted by Gasteiger charge is 2.05. The molecule has 90 valence electrons. The van der Waals surface area contributed by atoms with Crippen molar-refractivity contribution in [1.29, 1.82) is 0 Å². The molecule has 3 amide bonds. The molecule has 0 saturated carbocycles. The van der Waals surface area contributed by atoms with Crippen molar-refractivity contribution >= 4 is 29.1 Å². The third kappa shape index (κ3) is 4.47. The molecule has 0 fully saturated rings. The average Bonchev–Trinajstić information content (AvgIpc) is 2.26. The first-order valence-corrected chi connectivity index (χ1v) is 5.02. The predicted molar refractivity (Wildman–Crippen MR) is 65.6 cm³/mol. The Morgan fingerprint density at radius 1 is 1.24 bits per heavy atom. The SMILES string of the molecule is NC(=O)NC(=O)COc1ccc(C(N)=S)cc1. The molecule has 0 aliphatic carbocycles. The van der Waals surface area contributed by atoms with E-state index in [1.54, 1.807) is 24.3 Å². The highest BCUT2D eigenvalue weighted by atomic mass is 32.1. The van der Waals surface area contributed by atoms with Crippen LogP contribution in [0.2, 0.25) is 0 Å². The van der Waals surface area contributed by atoms with Gasteiger partial charge in [0.1, 0.15) is 10.7 Å². The van der Waals surface area contributed by atoms with Gasteiger partial charge in [-0.2, -0.15) is 0 Å². The Hall–Kier alpha value is -2.15. The van der Waals surface area contributed by atoms with Crippen molar-refractivity contribution in [1.82, 2.24) is 5.32 Å². The molecular formula is C10H11N3O3S. The monoisotopic (exact) mass is 253 g/mol. The molecule has 0 bridgehead atoms. The van der Waals surface area contributed by atoms with E-state index < -0.39 is 11.9 Å². The first kappa shape index (κ1) is 12.9. The molecule has 0 unspecified atom stereocenters. The maximum atomic E-state index is 11.0. The van der Waals surface area contributed by atoms with Crippen LogP contribution in [0.5, 0.6) is 5.75 Å². The highest BCUT2D eigenvalue weighted by Crippen LogP contribution is 2.11. The van der Waals surface area contributed by atoms with Gasteiger partial charge in [0.15, 0.2) is 6.61 Å². The summed E-state index contributed by atoms with van der Waals surface area (Å²) in [5, 5.41) is 1.88. The minimum Gasteiger partial charge on any atom is -0.484 e. The van der Waals surface area contributed by atoms with Gasteiger partial charge in [-0.3, -0.25) is 10.1 Å². The van der Waals surface area contributed by atoms with Crippen LogP contribution in [0.25, 0.3) is 0 Å². The first-order valence-electron chi connectivity index (χ1n) is 4.61. The summed E-state index contributed by atoms with van der Waals surface area (Å²) in [6, 6.07) is 5.66. The van der Waals surface area contributed by atoms with E-state index in [9.17, 15) is 9.59 Å². The van der Waals surface area contributed by atoms with Gasteiger partial charge in [0.25, 0.3) is 5.91 Å². The molecule has 1 aromatic carbocycles. The number of benzene rings is 1. The largest absolute Gasteiger partial charge is 0.484 e. The molecule has 5 N–H and O–H groups in total. The van der Waals surface area contributed by atoms with E-state index in [2.05, 4.69) is 0 Å². The van der Waals surface area contributed by atoms with Crippen molar-refractivity contribution in [2.75, 3.05) is 6.61 Å². The predicted octanol–water partition coefficient (Wildman–Crippen LogP) is -0.105. The molecule has 1 aromatic rings. The lowest BCUT2D eigenvalue weighted by Crippen LogP contribution is -2.38. The fraction of sp³-hybridized carbons (Fsp3) is 0.100. The van der Waals surface area contributed by atoms with Gasteiger partial charge in [-0.05, 0) is 24.3 Å². The molecule has 6 nitrogen and oxygen atoms in total. The summed E-state index contributed by atoms with van der Waals surface area (Å²) in [4.78, 5) is 21.7. The smallest absolute Gasteiger partial charge is 0.318 e. The van der Waals surface area contributed by atoms with E-state index in [1.165, 1.54) is 0 Å². The van der Waals surface area contributed by atoms with Crippen LogP contribution in [0.1, 0.15) is 5.56 Å². The number of primary amides is 1. The molecule has 1 rings (SSSR count). The summed E-state index contributed by atoms with van der Waals surface area (Å²) in [5.74, 6) is -0.152. The number of nitrogens with one attached hydrogen (secondary N) is 1. The van der Waals surface area contributed by atoms with E-state index >= 15 is 0 Å². The van der Waals surface area contributed by atoms with Gasteiger partial charge in [0.05, 0.1) is 0 Å². The molecule has 0 heterocycles. The number of rotatable bonds is 4. The minimum atomic E-state index is -0.914. The van der Waals surface area contributed by atoms with E-state index in [0.29, 0.717) is 11.3 Å². The molecule has 0 spiro atoms. The zero-order valence-electron chi connectivity index (χ0n) is 8.80. The summed E-state index contributed by atoms with van der Waals surface area (Å²) >= 11 is 4.78. The van der Waals surface area contributed by atoms with Crippen LogP contribution in [0.4, 0.5) is 4.79 Å². The minimum absolute atomic E-state index is 0.281. The molecule has 0 aromatic heterocycles. The van der Waals surface area contributed by atoms with E-state index in [-0.39, 0.29) is 11.6 Å². The zero-order chi connectivity index (χ0) is 12.8. The van der Waals surface area contributed by atoms with Gasteiger partial charge in [-0.1, -0.05) is 12.2 Å². The van der Waals surface area contributed by atoms with Crippen LogP contribution in [-0.4, -0.2) is 23.5 Å². The summed E-state index contributed by atoms with van der Waals surface area (Å²) in [7, 11) is 0. The van der Waals surface area contributed by atoms with Crippen molar-refractivity contribution in [3.05, 3.63) is 29.8 Å². The number of urea groups is 1. The van der Waals surface area contributed by atoms with Crippen molar-refractivity contribution in [2.45, 2.75) is 0 Å². The summed E-state index contributed by atoms with van der Waals surface area (Å²) in [5.41, 5.74) is 10.9.